The van der Waals surface area contributed by atoms with Crippen LogP contribution < -0.4 is 0 Å². The highest BCUT2D eigenvalue weighted by Gasteiger charge is 2.07. The molecule has 0 bridgehead atoms. The lowest BCUT2D eigenvalue weighted by Gasteiger charge is -2.13. The van der Waals surface area contributed by atoms with Gasteiger partial charge in [-0.2, -0.15) is 0 Å². The van der Waals surface area contributed by atoms with Crippen LogP contribution in [0.4, 0.5) is 0 Å². The quantitative estimate of drug-likeness (QED) is 0.556. The summed E-state index contributed by atoms with van der Waals surface area (Å²) in [6.45, 7) is 4.62. The Balaban J connectivity index is 1.63. The van der Waals surface area contributed by atoms with Gasteiger partial charge in [-0.25, -0.2) is 0 Å². The summed E-state index contributed by atoms with van der Waals surface area (Å²) in [5.74, 6) is 0.660. The number of nitrogens with one attached hydrogen (secondary N) is 1. The minimum absolute atomic E-state index is 0.660. The third-order valence-electron chi connectivity index (χ3n) is 4.60. The average Bonchev–Trinajstić information content (AvgIpc) is 3.01. The summed E-state index contributed by atoms with van der Waals surface area (Å²) in [4.78, 5) is 3.26. The second kappa shape index (κ2) is 7.50. The zero-order valence-corrected chi connectivity index (χ0v) is 14.3. The smallest absolute Gasteiger partial charge is 0.0454 e. The highest BCUT2D eigenvalue weighted by atomic mass is 14.7. The Morgan fingerprint density at radius 1 is 0.913 bits per heavy atom. The van der Waals surface area contributed by atoms with Crippen LogP contribution in [0.1, 0.15) is 43.4 Å². The van der Waals surface area contributed by atoms with E-state index in [0.717, 1.165) is 12.8 Å². The summed E-state index contributed by atoms with van der Waals surface area (Å²) >= 11 is 0. The summed E-state index contributed by atoms with van der Waals surface area (Å²) in [6, 6.07) is 18.1. The monoisotopic (exact) mass is 305 g/mol. The topological polar surface area (TPSA) is 15.8 Å². The maximum atomic E-state index is 3.26. The molecule has 0 saturated carbocycles. The predicted octanol–water partition coefficient (Wildman–Crippen LogP) is 5.93. The van der Waals surface area contributed by atoms with Gasteiger partial charge in [0.15, 0.2) is 0 Å². The minimum Gasteiger partial charge on any atom is -0.361 e. The van der Waals surface area contributed by atoms with Crippen molar-refractivity contribution in [2.45, 2.75) is 46.0 Å². The highest BCUT2D eigenvalue weighted by molar-refractivity contribution is 5.79. The predicted molar refractivity (Wildman–Crippen MR) is 99.9 cm³/mol. The first kappa shape index (κ1) is 15.9. The van der Waals surface area contributed by atoms with Crippen LogP contribution in [0.5, 0.6) is 0 Å². The Kier molecular flexibility index (Phi) is 5.17. The van der Waals surface area contributed by atoms with Crippen molar-refractivity contribution in [2.24, 2.45) is 5.92 Å². The molecule has 3 aromatic rings. The van der Waals surface area contributed by atoms with Gasteiger partial charge in [-0.05, 0) is 71.9 Å². The van der Waals surface area contributed by atoms with Crippen LogP contribution >= 0.6 is 0 Å². The van der Waals surface area contributed by atoms with Crippen LogP contribution in [-0.4, -0.2) is 4.98 Å². The van der Waals surface area contributed by atoms with Gasteiger partial charge in [0.1, 0.15) is 0 Å². The maximum absolute atomic E-state index is 3.26. The van der Waals surface area contributed by atoms with E-state index < -0.39 is 0 Å². The van der Waals surface area contributed by atoms with Crippen LogP contribution in [0.15, 0.2) is 54.7 Å². The molecule has 120 valence electrons. The van der Waals surface area contributed by atoms with Gasteiger partial charge in [-0.15, -0.1) is 0 Å². The molecule has 23 heavy (non-hydrogen) atoms. The maximum Gasteiger partial charge on any atom is 0.0454 e. The van der Waals surface area contributed by atoms with E-state index in [1.165, 1.54) is 46.9 Å². The fourth-order valence-electron chi connectivity index (χ4n) is 3.40. The third kappa shape index (κ3) is 4.25. The van der Waals surface area contributed by atoms with Crippen LogP contribution in [0.25, 0.3) is 10.9 Å². The number of hydrogen-bond acceptors (Lipinski definition) is 0. The largest absolute Gasteiger partial charge is 0.361 e. The Labute approximate surface area is 139 Å². The zero-order valence-electron chi connectivity index (χ0n) is 14.3. The van der Waals surface area contributed by atoms with Crippen LogP contribution in [0.2, 0.25) is 0 Å². The first-order chi connectivity index (χ1) is 11.2. The van der Waals surface area contributed by atoms with E-state index >= 15 is 0 Å². The Hall–Kier alpha value is -2.02. The molecule has 2 aromatic carbocycles. The van der Waals surface area contributed by atoms with Crippen molar-refractivity contribution in [2.75, 3.05) is 0 Å². The van der Waals surface area contributed by atoms with E-state index in [-0.39, 0.29) is 0 Å². The molecule has 1 aromatic heterocycles. The molecule has 0 aliphatic rings. The number of H-pyrrole nitrogens is 1. The van der Waals surface area contributed by atoms with E-state index in [4.69, 9.17) is 0 Å². The number of rotatable bonds is 7. The van der Waals surface area contributed by atoms with Gasteiger partial charge in [-0.1, -0.05) is 50.6 Å². The molecule has 1 heteroatoms. The lowest BCUT2D eigenvalue weighted by molar-refractivity contribution is 0.577. The van der Waals surface area contributed by atoms with Crippen molar-refractivity contribution < 1.29 is 0 Å². The summed E-state index contributed by atoms with van der Waals surface area (Å²) < 4.78 is 0. The van der Waals surface area contributed by atoms with Gasteiger partial charge in [-0.3, -0.25) is 0 Å². The van der Waals surface area contributed by atoms with Gasteiger partial charge in [0.25, 0.3) is 0 Å². The van der Waals surface area contributed by atoms with E-state index in [9.17, 15) is 0 Å². The number of unbranched alkanes of at least 4 members (excludes halogenated alkanes) is 1. The second-order valence-electron chi connectivity index (χ2n) is 6.84. The number of aromatic nitrogens is 1. The highest BCUT2D eigenvalue weighted by Crippen LogP contribution is 2.20. The lowest BCUT2D eigenvalue weighted by atomic mass is 9.92. The van der Waals surface area contributed by atoms with Gasteiger partial charge in [0, 0.05) is 11.7 Å². The Morgan fingerprint density at radius 2 is 1.70 bits per heavy atom. The van der Waals surface area contributed by atoms with Crippen molar-refractivity contribution in [3.8, 4) is 0 Å². The van der Waals surface area contributed by atoms with Gasteiger partial charge in [0.2, 0.25) is 0 Å². The Bertz CT molecular complexity index is 753. The Morgan fingerprint density at radius 3 is 2.52 bits per heavy atom. The van der Waals surface area contributed by atoms with Crippen molar-refractivity contribution >= 4 is 10.9 Å². The summed E-state index contributed by atoms with van der Waals surface area (Å²) in [7, 11) is 0. The van der Waals surface area contributed by atoms with Crippen LogP contribution in [0.3, 0.4) is 0 Å². The molecule has 0 spiro atoms. The van der Waals surface area contributed by atoms with E-state index in [1.807, 2.05) is 6.20 Å². The number of aryl methyl sites for hydroxylation is 1. The summed E-state index contributed by atoms with van der Waals surface area (Å²) in [5.41, 5.74) is 5.64. The molecular formula is C22H27N. The number of fused-ring (bicyclic) bond motifs is 1. The molecule has 0 amide bonds. The van der Waals surface area contributed by atoms with E-state index in [0.29, 0.717) is 5.92 Å². The lowest BCUT2D eigenvalue weighted by Crippen LogP contribution is -2.04. The first-order valence-electron chi connectivity index (χ1n) is 8.88. The molecule has 1 atom stereocenters. The normalized spacial score (nSPS) is 12.6. The number of aromatic amines is 1. The average molecular weight is 305 g/mol. The number of hydrogen-bond donors (Lipinski definition) is 1. The van der Waals surface area contributed by atoms with E-state index in [1.54, 1.807) is 0 Å². The van der Waals surface area contributed by atoms with Crippen molar-refractivity contribution in [3.05, 3.63) is 71.4 Å². The molecule has 0 aliphatic carbocycles. The van der Waals surface area contributed by atoms with E-state index in [2.05, 4.69) is 67.4 Å². The van der Waals surface area contributed by atoms with Gasteiger partial charge >= 0.3 is 0 Å². The fourth-order valence-corrected chi connectivity index (χ4v) is 3.40. The van der Waals surface area contributed by atoms with Gasteiger partial charge in [0.05, 0.1) is 0 Å². The molecule has 1 N–H and O–H groups in total. The number of benzene rings is 2. The third-order valence-corrected chi connectivity index (χ3v) is 4.60. The SMILES string of the molecule is CCCCc1cccc(CC(C)Cc2ccc3[nH]ccc3c2)c1. The minimum atomic E-state index is 0.660. The second-order valence-corrected chi connectivity index (χ2v) is 6.84. The van der Waals surface area contributed by atoms with Gasteiger partial charge < -0.3 is 4.98 Å². The molecule has 0 fully saturated rings. The molecule has 1 nitrogen and oxygen atoms in total. The standard InChI is InChI=1S/C22H27N/c1-3-4-6-18-7-5-8-19(15-18)13-17(2)14-20-9-10-22-21(16-20)11-12-23-22/h5,7-12,15-17,23H,3-4,6,13-14H2,1-2H3. The summed E-state index contributed by atoms with van der Waals surface area (Å²) in [5, 5.41) is 1.32. The zero-order chi connectivity index (χ0) is 16.1. The summed E-state index contributed by atoms with van der Waals surface area (Å²) in [6.07, 6.45) is 8.08. The van der Waals surface area contributed by atoms with Crippen molar-refractivity contribution in [1.82, 2.24) is 4.98 Å². The molecule has 3 rings (SSSR count). The fraction of sp³-hybridized carbons (Fsp3) is 0.364. The molecule has 1 unspecified atom stereocenters. The molecule has 0 saturated heterocycles. The molecule has 0 radical (unpaired) electrons. The van der Waals surface area contributed by atoms with Crippen LogP contribution in [0, 0.1) is 5.92 Å². The molecule has 1 heterocycles. The first-order valence-corrected chi connectivity index (χ1v) is 8.88. The molecular weight excluding hydrogens is 278 g/mol. The van der Waals surface area contributed by atoms with Crippen molar-refractivity contribution in [1.29, 1.82) is 0 Å². The van der Waals surface area contributed by atoms with Crippen molar-refractivity contribution in [3.63, 3.8) is 0 Å². The molecule has 0 aliphatic heterocycles. The van der Waals surface area contributed by atoms with Crippen LogP contribution in [-0.2, 0) is 19.3 Å².